The Hall–Kier alpha value is -2.95. The summed E-state index contributed by atoms with van der Waals surface area (Å²) in [7, 11) is 2.18. The van der Waals surface area contributed by atoms with Gasteiger partial charge in [0.15, 0.2) is 0 Å². The third kappa shape index (κ3) is 5.64. The molecule has 0 unspecified atom stereocenters. The van der Waals surface area contributed by atoms with E-state index in [0.29, 0.717) is 12.5 Å². The van der Waals surface area contributed by atoms with Crippen molar-refractivity contribution in [2.24, 2.45) is 0 Å². The Bertz CT molecular complexity index is 992. The molecule has 0 spiro atoms. The van der Waals surface area contributed by atoms with Crippen molar-refractivity contribution in [1.82, 2.24) is 14.8 Å². The molecule has 1 aliphatic heterocycles. The molecule has 0 aliphatic carbocycles. The van der Waals surface area contributed by atoms with E-state index in [9.17, 15) is 0 Å². The maximum Gasteiger partial charge on any atom is 0.213 e. The smallest absolute Gasteiger partial charge is 0.213 e. The number of hydrogen-bond acceptors (Lipinski definition) is 4. The number of allylic oxidation sites excluding steroid dienone is 1. The van der Waals surface area contributed by atoms with Gasteiger partial charge in [-0.2, -0.15) is 0 Å². The van der Waals surface area contributed by atoms with E-state index < -0.39 is 0 Å². The standard InChI is InChI=1S/C28H33N3O/c1-3-26(23-10-6-4-7-11-23)28(24-12-8-5-9-13-24)25-14-15-27(29-22-25)32-21-20-31-18-16-30(2)17-19-31/h4-15,22H,3,16-21H2,1-2H3/b28-26-. The summed E-state index contributed by atoms with van der Waals surface area (Å²) in [5.74, 6) is 0.688. The fraction of sp³-hybridized carbons (Fsp3) is 0.321. The van der Waals surface area contributed by atoms with Crippen molar-refractivity contribution in [2.45, 2.75) is 13.3 Å². The Morgan fingerprint density at radius 2 is 1.47 bits per heavy atom. The first kappa shape index (κ1) is 22.3. The van der Waals surface area contributed by atoms with E-state index in [-0.39, 0.29) is 0 Å². The second-order valence-corrected chi connectivity index (χ2v) is 8.32. The number of rotatable bonds is 8. The summed E-state index contributed by atoms with van der Waals surface area (Å²) in [5.41, 5.74) is 6.13. The molecule has 0 N–H and O–H groups in total. The van der Waals surface area contributed by atoms with Crippen LogP contribution in [0.5, 0.6) is 5.88 Å². The van der Waals surface area contributed by atoms with E-state index in [0.717, 1.165) is 44.7 Å². The molecule has 1 aliphatic rings. The van der Waals surface area contributed by atoms with E-state index in [2.05, 4.69) is 95.5 Å². The Balaban J connectivity index is 1.53. The lowest BCUT2D eigenvalue weighted by Crippen LogP contribution is -2.45. The number of likely N-dealkylation sites (N-methyl/N-ethyl adjacent to an activating group) is 1. The molecule has 1 fully saturated rings. The highest BCUT2D eigenvalue weighted by atomic mass is 16.5. The molecule has 0 amide bonds. The van der Waals surface area contributed by atoms with Crippen LogP contribution >= 0.6 is 0 Å². The first-order valence-corrected chi connectivity index (χ1v) is 11.6. The molecule has 166 valence electrons. The zero-order chi connectivity index (χ0) is 22.2. The second-order valence-electron chi connectivity index (χ2n) is 8.32. The Kier molecular flexibility index (Phi) is 7.70. The maximum atomic E-state index is 5.97. The third-order valence-electron chi connectivity index (χ3n) is 6.12. The lowest BCUT2D eigenvalue weighted by molar-refractivity contribution is 0.132. The molecule has 0 bridgehead atoms. The van der Waals surface area contributed by atoms with Crippen LogP contribution in [0, 0.1) is 0 Å². The molecular weight excluding hydrogens is 394 g/mol. The first-order valence-electron chi connectivity index (χ1n) is 11.6. The lowest BCUT2D eigenvalue weighted by atomic mass is 9.89. The summed E-state index contributed by atoms with van der Waals surface area (Å²) in [5, 5.41) is 0. The average Bonchev–Trinajstić information content (AvgIpc) is 2.85. The van der Waals surface area contributed by atoms with Gasteiger partial charge in [0.05, 0.1) is 0 Å². The molecule has 1 saturated heterocycles. The van der Waals surface area contributed by atoms with Crippen molar-refractivity contribution >= 4 is 11.1 Å². The van der Waals surface area contributed by atoms with Crippen LogP contribution in [-0.4, -0.2) is 61.2 Å². The van der Waals surface area contributed by atoms with Crippen LogP contribution in [0.15, 0.2) is 79.0 Å². The van der Waals surface area contributed by atoms with E-state index in [1.54, 1.807) is 0 Å². The van der Waals surface area contributed by atoms with Crippen molar-refractivity contribution in [3.05, 3.63) is 95.7 Å². The van der Waals surface area contributed by atoms with Crippen molar-refractivity contribution in [3.8, 4) is 5.88 Å². The fourth-order valence-corrected chi connectivity index (χ4v) is 4.25. The molecule has 4 nitrogen and oxygen atoms in total. The monoisotopic (exact) mass is 427 g/mol. The molecule has 4 heteroatoms. The van der Waals surface area contributed by atoms with Gasteiger partial charge in [-0.3, -0.25) is 4.90 Å². The van der Waals surface area contributed by atoms with Crippen LogP contribution in [0.4, 0.5) is 0 Å². The minimum absolute atomic E-state index is 0.668. The molecule has 0 radical (unpaired) electrons. The fourth-order valence-electron chi connectivity index (χ4n) is 4.25. The number of piperazine rings is 1. The Labute approximate surface area is 192 Å². The summed E-state index contributed by atoms with van der Waals surface area (Å²) in [6.07, 6.45) is 2.89. The Morgan fingerprint density at radius 1 is 0.812 bits per heavy atom. The number of ether oxygens (including phenoxy) is 1. The van der Waals surface area contributed by atoms with Crippen molar-refractivity contribution in [1.29, 1.82) is 0 Å². The maximum absolute atomic E-state index is 5.97. The number of benzene rings is 2. The van der Waals surface area contributed by atoms with Gasteiger partial charge in [0.1, 0.15) is 6.61 Å². The third-order valence-corrected chi connectivity index (χ3v) is 6.12. The van der Waals surface area contributed by atoms with Gasteiger partial charge in [0.25, 0.3) is 0 Å². The molecule has 2 aromatic carbocycles. The van der Waals surface area contributed by atoms with Gasteiger partial charge in [-0.05, 0) is 41.8 Å². The minimum atomic E-state index is 0.668. The van der Waals surface area contributed by atoms with Gasteiger partial charge in [-0.1, -0.05) is 67.6 Å². The van der Waals surface area contributed by atoms with Gasteiger partial charge >= 0.3 is 0 Å². The van der Waals surface area contributed by atoms with Crippen LogP contribution in [-0.2, 0) is 0 Å². The average molecular weight is 428 g/mol. The zero-order valence-electron chi connectivity index (χ0n) is 19.2. The summed E-state index contributed by atoms with van der Waals surface area (Å²) >= 11 is 0. The molecule has 1 aromatic heterocycles. The van der Waals surface area contributed by atoms with Gasteiger partial charge in [-0.15, -0.1) is 0 Å². The van der Waals surface area contributed by atoms with E-state index >= 15 is 0 Å². The van der Waals surface area contributed by atoms with Crippen LogP contribution in [0.2, 0.25) is 0 Å². The van der Waals surface area contributed by atoms with Crippen LogP contribution in [0.25, 0.3) is 11.1 Å². The summed E-state index contributed by atoms with van der Waals surface area (Å²) < 4.78 is 5.97. The molecule has 32 heavy (non-hydrogen) atoms. The van der Waals surface area contributed by atoms with Crippen molar-refractivity contribution in [2.75, 3.05) is 46.4 Å². The van der Waals surface area contributed by atoms with Crippen molar-refractivity contribution < 1.29 is 4.74 Å². The van der Waals surface area contributed by atoms with Gasteiger partial charge in [-0.25, -0.2) is 4.98 Å². The highest BCUT2D eigenvalue weighted by Crippen LogP contribution is 2.34. The topological polar surface area (TPSA) is 28.6 Å². The molecule has 3 aromatic rings. The highest BCUT2D eigenvalue weighted by Gasteiger charge is 2.15. The number of aromatic nitrogens is 1. The summed E-state index contributed by atoms with van der Waals surface area (Å²) in [4.78, 5) is 9.47. The quantitative estimate of drug-likeness (QED) is 0.469. The summed E-state index contributed by atoms with van der Waals surface area (Å²) in [6, 6.07) is 25.4. The predicted molar refractivity (Wildman–Crippen MR) is 133 cm³/mol. The molecule has 0 atom stereocenters. The molecule has 2 heterocycles. The minimum Gasteiger partial charge on any atom is -0.476 e. The normalized spacial score (nSPS) is 15.9. The van der Waals surface area contributed by atoms with Crippen LogP contribution < -0.4 is 4.74 Å². The highest BCUT2D eigenvalue weighted by molar-refractivity contribution is 5.98. The number of nitrogens with zero attached hydrogens (tertiary/aromatic N) is 3. The van der Waals surface area contributed by atoms with E-state index in [4.69, 9.17) is 4.74 Å². The number of pyridine rings is 1. The SMILES string of the molecule is CC/C(=C(\c1ccccc1)c1ccc(OCCN2CCN(C)CC2)nc1)c1ccccc1. The second kappa shape index (κ2) is 11.1. The van der Waals surface area contributed by atoms with Gasteiger partial charge < -0.3 is 9.64 Å². The zero-order valence-corrected chi connectivity index (χ0v) is 19.2. The van der Waals surface area contributed by atoms with Crippen LogP contribution in [0.3, 0.4) is 0 Å². The Morgan fingerprint density at radius 3 is 2.06 bits per heavy atom. The van der Waals surface area contributed by atoms with E-state index in [1.165, 1.54) is 22.3 Å². The van der Waals surface area contributed by atoms with Crippen LogP contribution in [0.1, 0.15) is 30.0 Å². The number of hydrogen-bond donors (Lipinski definition) is 0. The van der Waals surface area contributed by atoms with Crippen molar-refractivity contribution in [3.63, 3.8) is 0 Å². The van der Waals surface area contributed by atoms with Gasteiger partial charge in [0, 0.05) is 50.6 Å². The molecule has 4 rings (SSSR count). The largest absolute Gasteiger partial charge is 0.476 e. The molecular formula is C28H33N3O. The van der Waals surface area contributed by atoms with E-state index in [1.807, 2.05) is 12.3 Å². The first-order chi connectivity index (χ1) is 15.7. The predicted octanol–water partition coefficient (Wildman–Crippen LogP) is 5.08. The molecule has 0 saturated carbocycles. The summed E-state index contributed by atoms with van der Waals surface area (Å²) in [6.45, 7) is 8.30. The van der Waals surface area contributed by atoms with Gasteiger partial charge in [0.2, 0.25) is 5.88 Å². The lowest BCUT2D eigenvalue weighted by Gasteiger charge is -2.32.